The van der Waals surface area contributed by atoms with Gasteiger partial charge in [0, 0.05) is 16.9 Å². The van der Waals surface area contributed by atoms with Crippen molar-refractivity contribution in [2.24, 2.45) is 0 Å². The predicted molar refractivity (Wildman–Crippen MR) is 88.3 cm³/mol. The fourth-order valence-electron chi connectivity index (χ4n) is 3.25. The second kappa shape index (κ2) is 6.11. The first-order chi connectivity index (χ1) is 9.74. The summed E-state index contributed by atoms with van der Waals surface area (Å²) in [6, 6.07) is 17.8. The summed E-state index contributed by atoms with van der Waals surface area (Å²) in [6.07, 6.45) is 1.20. The Bertz CT molecular complexity index is 540. The fourth-order valence-corrected chi connectivity index (χ4v) is 3.66. The Morgan fingerprint density at radius 1 is 1.00 bits per heavy atom. The van der Waals surface area contributed by atoms with E-state index in [1.807, 2.05) is 0 Å². The van der Waals surface area contributed by atoms with Crippen molar-refractivity contribution >= 4 is 15.9 Å². The van der Waals surface area contributed by atoms with Gasteiger partial charge in [-0.1, -0.05) is 57.9 Å². The number of nitrogens with one attached hydrogen (secondary N) is 1. The van der Waals surface area contributed by atoms with Gasteiger partial charge >= 0.3 is 0 Å². The quantitative estimate of drug-likeness (QED) is 0.847. The van der Waals surface area contributed by atoms with Gasteiger partial charge in [-0.05, 0) is 49.1 Å². The zero-order chi connectivity index (χ0) is 13.9. The van der Waals surface area contributed by atoms with Crippen LogP contribution < -0.4 is 5.32 Å². The van der Waals surface area contributed by atoms with E-state index in [4.69, 9.17) is 0 Å². The second-order valence-electron chi connectivity index (χ2n) is 5.67. The van der Waals surface area contributed by atoms with Crippen molar-refractivity contribution in [1.29, 1.82) is 0 Å². The minimum absolute atomic E-state index is 0.568. The zero-order valence-corrected chi connectivity index (χ0v) is 13.4. The van der Waals surface area contributed by atoms with E-state index in [0.29, 0.717) is 11.8 Å². The van der Waals surface area contributed by atoms with E-state index < -0.39 is 0 Å². The number of halogens is 1. The molecule has 20 heavy (non-hydrogen) atoms. The van der Waals surface area contributed by atoms with Gasteiger partial charge in [-0.2, -0.15) is 0 Å². The molecule has 0 aromatic heterocycles. The molecule has 2 heteroatoms. The van der Waals surface area contributed by atoms with E-state index in [1.165, 1.54) is 27.6 Å². The third-order valence-corrected chi connectivity index (χ3v) is 4.72. The van der Waals surface area contributed by atoms with Crippen LogP contribution >= 0.6 is 15.9 Å². The smallest absolute Gasteiger partial charge is 0.0178 e. The Kier molecular flexibility index (Phi) is 4.23. The van der Waals surface area contributed by atoms with Crippen molar-refractivity contribution in [3.8, 4) is 0 Å². The van der Waals surface area contributed by atoms with Crippen LogP contribution in [0.5, 0.6) is 0 Å². The molecule has 1 aliphatic rings. The van der Waals surface area contributed by atoms with Crippen LogP contribution in [0.25, 0.3) is 0 Å². The van der Waals surface area contributed by atoms with Gasteiger partial charge in [0.15, 0.2) is 0 Å². The number of aryl methyl sites for hydroxylation is 1. The van der Waals surface area contributed by atoms with Crippen LogP contribution in [0.2, 0.25) is 0 Å². The lowest BCUT2D eigenvalue weighted by Crippen LogP contribution is -2.34. The molecular formula is C18H20BrN. The third kappa shape index (κ3) is 2.97. The molecular weight excluding hydrogens is 310 g/mol. The molecule has 1 fully saturated rings. The highest BCUT2D eigenvalue weighted by Crippen LogP contribution is 2.38. The van der Waals surface area contributed by atoms with Gasteiger partial charge in [-0.25, -0.2) is 0 Å². The Hall–Kier alpha value is -1.12. The third-order valence-electron chi connectivity index (χ3n) is 4.23. The lowest BCUT2D eigenvalue weighted by atomic mass is 9.77. The molecule has 2 unspecified atom stereocenters. The fraction of sp³-hybridized carbons (Fsp3) is 0.333. The Morgan fingerprint density at radius 2 is 1.75 bits per heavy atom. The molecule has 2 aromatic carbocycles. The van der Waals surface area contributed by atoms with Crippen molar-refractivity contribution in [3.05, 3.63) is 69.7 Å². The summed E-state index contributed by atoms with van der Waals surface area (Å²) in [5.74, 6) is 1.17. The molecule has 1 nitrogen and oxygen atoms in total. The van der Waals surface area contributed by atoms with Crippen LogP contribution in [-0.4, -0.2) is 13.1 Å². The molecule has 1 heterocycles. The number of benzene rings is 2. The molecule has 3 rings (SSSR count). The van der Waals surface area contributed by atoms with Gasteiger partial charge in [-0.3, -0.25) is 0 Å². The van der Waals surface area contributed by atoms with Crippen LogP contribution in [0.3, 0.4) is 0 Å². The van der Waals surface area contributed by atoms with Crippen LogP contribution in [-0.2, 0) is 0 Å². The Balaban J connectivity index is 1.95. The minimum Gasteiger partial charge on any atom is -0.316 e. The van der Waals surface area contributed by atoms with Gasteiger partial charge in [0.2, 0.25) is 0 Å². The van der Waals surface area contributed by atoms with Gasteiger partial charge < -0.3 is 5.32 Å². The molecule has 0 spiro atoms. The Labute approximate surface area is 129 Å². The zero-order valence-electron chi connectivity index (χ0n) is 11.8. The van der Waals surface area contributed by atoms with Crippen molar-refractivity contribution < 1.29 is 0 Å². The molecule has 2 aromatic rings. The van der Waals surface area contributed by atoms with Gasteiger partial charge in [0.05, 0.1) is 0 Å². The molecule has 1 N–H and O–H groups in total. The molecule has 0 aliphatic carbocycles. The average Bonchev–Trinajstić information content (AvgIpc) is 2.47. The maximum absolute atomic E-state index is 3.60. The molecule has 0 radical (unpaired) electrons. The summed E-state index contributed by atoms with van der Waals surface area (Å²) < 4.78 is 1.18. The van der Waals surface area contributed by atoms with E-state index in [1.54, 1.807) is 0 Å². The normalized spacial score (nSPS) is 22.7. The van der Waals surface area contributed by atoms with Crippen LogP contribution in [0.4, 0.5) is 0 Å². The van der Waals surface area contributed by atoms with E-state index in [-0.39, 0.29) is 0 Å². The number of hydrogen-bond donors (Lipinski definition) is 1. The highest BCUT2D eigenvalue weighted by molar-refractivity contribution is 9.10. The van der Waals surface area contributed by atoms with Crippen molar-refractivity contribution in [3.63, 3.8) is 0 Å². The monoisotopic (exact) mass is 329 g/mol. The van der Waals surface area contributed by atoms with Gasteiger partial charge in [0.25, 0.3) is 0 Å². The van der Waals surface area contributed by atoms with Crippen molar-refractivity contribution in [2.45, 2.75) is 25.2 Å². The standard InChI is InChI=1S/C18H20BrN/c1-13-4-2-5-14(10-13)18-12-20-9-8-17(18)15-6-3-7-16(19)11-15/h2-7,10-11,17-18,20H,8-9,12H2,1H3. The average molecular weight is 330 g/mol. The summed E-state index contributed by atoms with van der Waals surface area (Å²) >= 11 is 3.60. The first-order valence-electron chi connectivity index (χ1n) is 7.27. The van der Waals surface area contributed by atoms with E-state index in [2.05, 4.69) is 76.7 Å². The van der Waals surface area contributed by atoms with Crippen LogP contribution in [0.1, 0.15) is 34.9 Å². The van der Waals surface area contributed by atoms with E-state index in [9.17, 15) is 0 Å². The van der Waals surface area contributed by atoms with E-state index in [0.717, 1.165) is 13.1 Å². The lowest BCUT2D eigenvalue weighted by molar-refractivity contribution is 0.404. The SMILES string of the molecule is Cc1cccc(C2CNCCC2c2cccc(Br)c2)c1. The maximum Gasteiger partial charge on any atom is 0.0178 e. The largest absolute Gasteiger partial charge is 0.316 e. The van der Waals surface area contributed by atoms with Crippen molar-refractivity contribution in [2.75, 3.05) is 13.1 Å². The molecule has 1 aliphatic heterocycles. The topological polar surface area (TPSA) is 12.0 Å². The molecule has 1 saturated heterocycles. The summed E-state index contributed by atoms with van der Waals surface area (Å²) in [6.45, 7) is 4.36. The van der Waals surface area contributed by atoms with Crippen LogP contribution in [0.15, 0.2) is 53.0 Å². The lowest BCUT2D eigenvalue weighted by Gasteiger charge is -2.33. The van der Waals surface area contributed by atoms with E-state index >= 15 is 0 Å². The number of piperidine rings is 1. The highest BCUT2D eigenvalue weighted by atomic mass is 79.9. The maximum atomic E-state index is 3.60. The number of hydrogen-bond acceptors (Lipinski definition) is 1. The molecule has 0 saturated carbocycles. The first kappa shape index (κ1) is 13.8. The minimum atomic E-state index is 0.568. The second-order valence-corrected chi connectivity index (χ2v) is 6.59. The van der Waals surface area contributed by atoms with Crippen LogP contribution in [0, 0.1) is 6.92 Å². The summed E-state index contributed by atoms with van der Waals surface area (Å²) in [5.41, 5.74) is 4.26. The first-order valence-corrected chi connectivity index (χ1v) is 8.06. The molecule has 0 amide bonds. The predicted octanol–water partition coefficient (Wildman–Crippen LogP) is 4.62. The van der Waals surface area contributed by atoms with Gasteiger partial charge in [-0.15, -0.1) is 0 Å². The molecule has 104 valence electrons. The summed E-state index contributed by atoms with van der Waals surface area (Å²) in [4.78, 5) is 0. The Morgan fingerprint density at radius 3 is 2.50 bits per heavy atom. The summed E-state index contributed by atoms with van der Waals surface area (Å²) in [5, 5.41) is 3.56. The van der Waals surface area contributed by atoms with Gasteiger partial charge in [0.1, 0.15) is 0 Å². The molecule has 2 atom stereocenters. The summed E-state index contributed by atoms with van der Waals surface area (Å²) in [7, 11) is 0. The highest BCUT2D eigenvalue weighted by Gasteiger charge is 2.27. The molecule has 0 bridgehead atoms. The number of rotatable bonds is 2. The van der Waals surface area contributed by atoms with Crippen molar-refractivity contribution in [1.82, 2.24) is 5.32 Å².